The second-order valence-corrected chi connectivity index (χ2v) is 14.2. The monoisotopic (exact) mass is 514 g/mol. The molecule has 1 aromatic carbocycles. The zero-order valence-electron chi connectivity index (χ0n) is 22.7. The lowest BCUT2D eigenvalue weighted by atomic mass is 9.61. The molecule has 3 aliphatic rings. The van der Waals surface area contributed by atoms with Crippen molar-refractivity contribution in [2.75, 3.05) is 24.2 Å². The van der Waals surface area contributed by atoms with Crippen molar-refractivity contribution in [3.63, 3.8) is 0 Å². The lowest BCUT2D eigenvalue weighted by Crippen LogP contribution is -2.50. The molecule has 2 amide bonds. The maximum Gasteiger partial charge on any atom is 0.253 e. The molecule has 1 aliphatic carbocycles. The van der Waals surface area contributed by atoms with Gasteiger partial charge in [-0.25, -0.2) is 8.51 Å². The summed E-state index contributed by atoms with van der Waals surface area (Å²) in [6.07, 6.45) is 5.20. The van der Waals surface area contributed by atoms with Crippen molar-refractivity contribution in [2.24, 2.45) is 21.7 Å². The smallest absolute Gasteiger partial charge is 0.253 e. The summed E-state index contributed by atoms with van der Waals surface area (Å²) < 4.78 is 15.1. The third-order valence-electron chi connectivity index (χ3n) is 7.99. The Labute approximate surface area is 218 Å². The summed E-state index contributed by atoms with van der Waals surface area (Å²) in [6.45, 7) is 14.0. The van der Waals surface area contributed by atoms with E-state index in [4.69, 9.17) is 4.99 Å². The van der Waals surface area contributed by atoms with Crippen molar-refractivity contribution in [3.05, 3.63) is 29.3 Å². The zero-order valence-corrected chi connectivity index (χ0v) is 23.5. The Balaban J connectivity index is 1.34. The minimum Gasteiger partial charge on any atom is -0.326 e. The summed E-state index contributed by atoms with van der Waals surface area (Å²) in [5.41, 5.74) is 2.76. The molecule has 2 fully saturated rings. The lowest BCUT2D eigenvalue weighted by Gasteiger charge is -2.44. The Kier molecular flexibility index (Phi) is 7.50. The maximum absolute atomic E-state index is 13.1. The Hall–Kier alpha value is -2.06. The second kappa shape index (κ2) is 10.0. The van der Waals surface area contributed by atoms with Crippen LogP contribution in [0.5, 0.6) is 0 Å². The van der Waals surface area contributed by atoms with Crippen LogP contribution in [0.25, 0.3) is 0 Å². The van der Waals surface area contributed by atoms with E-state index < -0.39 is 16.5 Å². The van der Waals surface area contributed by atoms with Gasteiger partial charge in [0.25, 0.3) is 5.91 Å². The van der Waals surface area contributed by atoms with Crippen molar-refractivity contribution in [2.45, 2.75) is 85.6 Å². The highest BCUT2D eigenvalue weighted by Gasteiger charge is 2.49. The molecule has 0 bridgehead atoms. The highest BCUT2D eigenvalue weighted by atomic mass is 32.2. The number of carbonyl (C=O) groups excluding carboxylic acids is 2. The van der Waals surface area contributed by atoms with Gasteiger partial charge in [0.15, 0.2) is 0 Å². The number of nitrogens with one attached hydrogen (secondary N) is 2. The fourth-order valence-electron chi connectivity index (χ4n) is 6.76. The average Bonchev–Trinajstić information content (AvgIpc) is 3.07. The highest BCUT2D eigenvalue weighted by molar-refractivity contribution is 7.82. The van der Waals surface area contributed by atoms with Crippen molar-refractivity contribution in [3.8, 4) is 0 Å². The van der Waals surface area contributed by atoms with Crippen LogP contribution < -0.4 is 10.6 Å². The summed E-state index contributed by atoms with van der Waals surface area (Å²) in [7, 11) is -1.11. The minimum absolute atomic E-state index is 0.0269. The summed E-state index contributed by atoms with van der Waals surface area (Å²) in [4.78, 5) is 29.4. The molecule has 1 aromatic rings. The molecule has 1 saturated carbocycles. The van der Waals surface area contributed by atoms with E-state index in [-0.39, 0.29) is 22.6 Å². The Bertz CT molecular complexity index is 1070. The first-order valence-corrected chi connectivity index (χ1v) is 14.5. The number of amidine groups is 1. The molecule has 2 aliphatic heterocycles. The Morgan fingerprint density at radius 2 is 1.81 bits per heavy atom. The number of hydrogen-bond donors (Lipinski definition) is 2. The number of piperidine rings is 1. The first-order valence-electron chi connectivity index (χ1n) is 13.2. The van der Waals surface area contributed by atoms with Crippen LogP contribution in [-0.4, -0.2) is 50.5 Å². The first kappa shape index (κ1) is 27.0. The van der Waals surface area contributed by atoms with Crippen molar-refractivity contribution in [1.29, 1.82) is 0 Å². The molecule has 8 heteroatoms. The van der Waals surface area contributed by atoms with Gasteiger partial charge in [0.1, 0.15) is 11.4 Å². The Morgan fingerprint density at radius 3 is 2.39 bits per heavy atom. The van der Waals surface area contributed by atoms with Crippen LogP contribution >= 0.6 is 0 Å². The van der Waals surface area contributed by atoms with Gasteiger partial charge in [0.2, 0.25) is 5.91 Å². The second-order valence-electron chi connectivity index (χ2n) is 12.6. The van der Waals surface area contributed by atoms with Gasteiger partial charge in [-0.15, -0.1) is 0 Å². The largest absolute Gasteiger partial charge is 0.326 e. The molecule has 1 atom stereocenters. The summed E-state index contributed by atoms with van der Waals surface area (Å²) in [5.74, 6) is 1.65. The van der Waals surface area contributed by atoms with E-state index in [0.29, 0.717) is 44.0 Å². The highest BCUT2D eigenvalue weighted by Crippen LogP contribution is 2.49. The van der Waals surface area contributed by atoms with Gasteiger partial charge in [-0.2, -0.15) is 0 Å². The maximum atomic E-state index is 13.1. The summed E-state index contributed by atoms with van der Waals surface area (Å²) in [6, 6.07) is 5.84. The number of hydrogen-bond acceptors (Lipinski definition) is 4. The molecule has 1 spiro atoms. The van der Waals surface area contributed by atoms with Crippen LogP contribution in [0.3, 0.4) is 0 Å². The number of amides is 2. The van der Waals surface area contributed by atoms with Gasteiger partial charge in [0, 0.05) is 37.4 Å². The van der Waals surface area contributed by atoms with Gasteiger partial charge < -0.3 is 10.6 Å². The predicted octanol–water partition coefficient (Wildman–Crippen LogP) is 4.38. The molecule has 7 nitrogen and oxygen atoms in total. The number of benzene rings is 1. The SMILES string of the molecule is CC(=O)Nc1ccc(CCS(=O)N2CCC3(CC2)N=C(C2CC(C)(C)CC(C)(C)C2)NC3=O)c(C)c1. The number of anilines is 1. The average molecular weight is 515 g/mol. The molecule has 2 heterocycles. The van der Waals surface area contributed by atoms with Crippen LogP contribution in [0.4, 0.5) is 5.69 Å². The van der Waals surface area contributed by atoms with E-state index in [2.05, 4.69) is 38.3 Å². The van der Waals surface area contributed by atoms with Gasteiger partial charge in [-0.05, 0) is 79.5 Å². The molecule has 4 rings (SSSR count). The number of nitrogens with zero attached hydrogens (tertiary/aromatic N) is 2. The van der Waals surface area contributed by atoms with Crippen molar-refractivity contribution < 1.29 is 13.8 Å². The topological polar surface area (TPSA) is 90.9 Å². The predicted molar refractivity (Wildman–Crippen MR) is 146 cm³/mol. The molecule has 0 radical (unpaired) electrons. The van der Waals surface area contributed by atoms with Gasteiger partial charge in [0.05, 0.1) is 11.0 Å². The normalized spacial score (nSPS) is 24.3. The molecule has 36 heavy (non-hydrogen) atoms. The molecule has 1 saturated heterocycles. The first-order chi connectivity index (χ1) is 16.8. The molecule has 1 unspecified atom stereocenters. The van der Waals surface area contributed by atoms with Crippen LogP contribution in [-0.2, 0) is 27.0 Å². The fourth-order valence-corrected chi connectivity index (χ4v) is 8.00. The van der Waals surface area contributed by atoms with Crippen molar-refractivity contribution in [1.82, 2.24) is 9.62 Å². The number of aliphatic imine (C=N–C) groups is 1. The van der Waals surface area contributed by atoms with E-state index in [1.165, 1.54) is 13.3 Å². The van der Waals surface area contributed by atoms with Crippen LogP contribution in [0.2, 0.25) is 0 Å². The molecular weight excluding hydrogens is 472 g/mol. The van der Waals surface area contributed by atoms with Gasteiger partial charge >= 0.3 is 0 Å². The Morgan fingerprint density at radius 1 is 1.17 bits per heavy atom. The molecular formula is C28H42N4O3S. The molecule has 2 N–H and O–H groups in total. The standard InChI is InChI=1S/C28H42N4O3S/c1-19-15-23(29-20(2)33)8-7-21(19)9-14-36(35)32-12-10-28(11-13-32)25(34)30-24(31-28)22-16-26(3,4)18-27(5,6)17-22/h7-8,15,22H,9-14,16-18H2,1-6H3,(H,29,33)(H,30,31,34). The lowest BCUT2D eigenvalue weighted by molar-refractivity contribution is -0.125. The third kappa shape index (κ3) is 6.08. The minimum atomic E-state index is -1.11. The van der Waals surface area contributed by atoms with Crippen LogP contribution in [0, 0.1) is 23.7 Å². The van der Waals surface area contributed by atoms with E-state index >= 15 is 0 Å². The summed E-state index contributed by atoms with van der Waals surface area (Å²) in [5, 5.41) is 5.96. The van der Waals surface area contributed by atoms with Crippen molar-refractivity contribution >= 4 is 34.3 Å². The van der Waals surface area contributed by atoms with E-state index in [1.54, 1.807) is 0 Å². The number of rotatable bonds is 6. The number of carbonyl (C=O) groups is 2. The van der Waals surface area contributed by atoms with Crippen LogP contribution in [0.15, 0.2) is 23.2 Å². The van der Waals surface area contributed by atoms with Crippen LogP contribution in [0.1, 0.15) is 77.8 Å². The van der Waals surface area contributed by atoms with E-state index in [0.717, 1.165) is 35.5 Å². The van der Waals surface area contributed by atoms with E-state index in [1.807, 2.05) is 29.4 Å². The molecule has 0 aromatic heterocycles. The van der Waals surface area contributed by atoms with Gasteiger partial charge in [-0.3, -0.25) is 14.6 Å². The fraction of sp³-hybridized carbons (Fsp3) is 0.679. The zero-order chi connectivity index (χ0) is 26.3. The quantitative estimate of drug-likeness (QED) is 0.590. The van der Waals surface area contributed by atoms with E-state index in [9.17, 15) is 13.8 Å². The molecule has 198 valence electrons. The number of aryl methyl sites for hydroxylation is 2. The third-order valence-corrected chi connectivity index (χ3v) is 9.48. The van der Waals surface area contributed by atoms with Gasteiger partial charge in [-0.1, -0.05) is 33.8 Å². The summed E-state index contributed by atoms with van der Waals surface area (Å²) >= 11 is 0.